The first-order valence-electron chi connectivity index (χ1n) is 8.46. The molecular weight excluding hydrogens is 375 g/mol. The first-order valence-corrected chi connectivity index (χ1v) is 9.34. The number of aromatic nitrogens is 2. The maximum atomic E-state index is 13.4. The molecule has 27 heavy (non-hydrogen) atoms. The van der Waals surface area contributed by atoms with Gasteiger partial charge in [0.15, 0.2) is 5.13 Å². The van der Waals surface area contributed by atoms with Crippen molar-refractivity contribution in [2.24, 2.45) is 5.92 Å². The Morgan fingerprint density at radius 3 is 2.78 bits per heavy atom. The van der Waals surface area contributed by atoms with Gasteiger partial charge in [-0.1, -0.05) is 0 Å². The number of benzene rings is 1. The minimum absolute atomic E-state index is 0.130. The molecule has 1 aromatic carbocycles. The number of anilines is 2. The number of alkyl halides is 3. The molecule has 0 radical (unpaired) electrons. The third-order valence-electron chi connectivity index (χ3n) is 4.17. The Balaban J connectivity index is 1.54. The zero-order valence-corrected chi connectivity index (χ0v) is 15.0. The maximum Gasteiger partial charge on any atom is 0.420 e. The van der Waals surface area contributed by atoms with Crippen LogP contribution in [0.2, 0.25) is 0 Å². The number of halogens is 3. The van der Waals surface area contributed by atoms with Crippen LogP contribution in [0.1, 0.15) is 18.4 Å². The van der Waals surface area contributed by atoms with Gasteiger partial charge in [0.05, 0.1) is 17.9 Å². The number of nitrogens with one attached hydrogen (secondary N) is 1. The molecule has 0 aliphatic heterocycles. The van der Waals surface area contributed by atoms with Crippen molar-refractivity contribution in [1.82, 2.24) is 9.97 Å². The van der Waals surface area contributed by atoms with Gasteiger partial charge in [0.25, 0.3) is 0 Å². The summed E-state index contributed by atoms with van der Waals surface area (Å²) in [6, 6.07) is 7.68. The van der Waals surface area contributed by atoms with Crippen molar-refractivity contribution in [1.29, 1.82) is 0 Å². The van der Waals surface area contributed by atoms with Gasteiger partial charge in [0, 0.05) is 29.0 Å². The average Bonchev–Trinajstić information content (AvgIpc) is 3.37. The van der Waals surface area contributed by atoms with E-state index in [9.17, 15) is 13.2 Å². The summed E-state index contributed by atoms with van der Waals surface area (Å²) in [5.74, 6) is 0.250. The molecule has 0 unspecified atom stereocenters. The fourth-order valence-electron chi connectivity index (χ4n) is 2.55. The number of pyridine rings is 1. The molecule has 1 saturated carbocycles. The summed E-state index contributed by atoms with van der Waals surface area (Å²) >= 11 is 1.32. The second-order valence-electron chi connectivity index (χ2n) is 6.37. The third kappa shape index (κ3) is 4.39. The highest BCUT2D eigenvalue weighted by Gasteiger charge is 2.35. The van der Waals surface area contributed by atoms with Crippen molar-refractivity contribution >= 4 is 22.2 Å². The summed E-state index contributed by atoms with van der Waals surface area (Å²) in [5.41, 5.74) is 1.10. The molecule has 0 amide bonds. The first-order chi connectivity index (χ1) is 13.0. The van der Waals surface area contributed by atoms with Crippen LogP contribution in [0, 0.1) is 5.92 Å². The lowest BCUT2D eigenvalue weighted by Gasteiger charge is -2.15. The van der Waals surface area contributed by atoms with Crippen LogP contribution in [-0.2, 0) is 6.18 Å². The van der Waals surface area contributed by atoms with Crippen LogP contribution in [0.3, 0.4) is 0 Å². The van der Waals surface area contributed by atoms with E-state index in [0.717, 1.165) is 30.2 Å². The van der Waals surface area contributed by atoms with Gasteiger partial charge < -0.3 is 10.1 Å². The minimum Gasteiger partial charge on any atom is -0.493 e. The lowest BCUT2D eigenvalue weighted by molar-refractivity contribution is -0.138. The van der Waals surface area contributed by atoms with E-state index in [2.05, 4.69) is 15.3 Å². The number of ether oxygens (including phenoxy) is 1. The van der Waals surface area contributed by atoms with Crippen molar-refractivity contribution in [2.75, 3.05) is 11.9 Å². The predicted octanol–water partition coefficient (Wildman–Crippen LogP) is 5.76. The summed E-state index contributed by atoms with van der Waals surface area (Å²) < 4.78 is 45.6. The van der Waals surface area contributed by atoms with E-state index in [-0.39, 0.29) is 5.75 Å². The topological polar surface area (TPSA) is 47.0 Å². The second-order valence-corrected chi connectivity index (χ2v) is 7.23. The van der Waals surface area contributed by atoms with Crippen LogP contribution in [-0.4, -0.2) is 16.6 Å². The van der Waals surface area contributed by atoms with Crippen LogP contribution in [0.25, 0.3) is 11.3 Å². The minimum atomic E-state index is -4.49. The molecule has 4 rings (SSSR count). The third-order valence-corrected chi connectivity index (χ3v) is 4.93. The number of rotatable bonds is 6. The van der Waals surface area contributed by atoms with E-state index in [1.54, 1.807) is 24.5 Å². The molecule has 1 aliphatic carbocycles. The standard InChI is InChI=1S/C19H16F3N3OS/c20-19(21,22)15-8-14(5-6-17(15)26-10-12-3-4-12)24-18-25-16(11-27-18)13-2-1-7-23-9-13/h1-2,5-9,11-12H,3-4,10H2,(H,24,25). The first kappa shape index (κ1) is 17.8. The van der Waals surface area contributed by atoms with Crippen molar-refractivity contribution in [3.8, 4) is 17.0 Å². The lowest BCUT2D eigenvalue weighted by atomic mass is 10.1. The van der Waals surface area contributed by atoms with Gasteiger partial charge in [-0.15, -0.1) is 11.3 Å². The Labute approximate surface area is 158 Å². The Bertz CT molecular complexity index is 923. The molecule has 0 spiro atoms. The summed E-state index contributed by atoms with van der Waals surface area (Å²) in [6.07, 6.45) is 0.905. The lowest BCUT2D eigenvalue weighted by Crippen LogP contribution is -2.10. The van der Waals surface area contributed by atoms with Crippen LogP contribution in [0.4, 0.5) is 24.0 Å². The van der Waals surface area contributed by atoms with Gasteiger partial charge in [-0.25, -0.2) is 4.98 Å². The molecule has 0 atom stereocenters. The van der Waals surface area contributed by atoms with Gasteiger partial charge in [0.1, 0.15) is 5.75 Å². The molecule has 0 saturated heterocycles. The summed E-state index contributed by atoms with van der Waals surface area (Å²) in [5, 5.41) is 5.28. The van der Waals surface area contributed by atoms with E-state index >= 15 is 0 Å². The zero-order valence-electron chi connectivity index (χ0n) is 14.2. The van der Waals surface area contributed by atoms with Gasteiger partial charge in [-0.05, 0) is 49.1 Å². The molecule has 1 fully saturated rings. The van der Waals surface area contributed by atoms with Crippen LogP contribution < -0.4 is 10.1 Å². The quantitative estimate of drug-likeness (QED) is 0.581. The molecule has 1 aliphatic rings. The van der Waals surface area contributed by atoms with Gasteiger partial charge >= 0.3 is 6.18 Å². The van der Waals surface area contributed by atoms with Crippen molar-refractivity contribution in [3.05, 3.63) is 53.7 Å². The fraction of sp³-hybridized carbons (Fsp3) is 0.263. The summed E-state index contributed by atoms with van der Waals surface area (Å²) in [4.78, 5) is 8.45. The van der Waals surface area contributed by atoms with E-state index in [0.29, 0.717) is 23.3 Å². The largest absolute Gasteiger partial charge is 0.493 e. The smallest absolute Gasteiger partial charge is 0.420 e. The molecular formula is C19H16F3N3OS. The number of thiazole rings is 1. The fourth-order valence-corrected chi connectivity index (χ4v) is 3.29. The maximum absolute atomic E-state index is 13.4. The molecule has 0 bridgehead atoms. The van der Waals surface area contributed by atoms with Gasteiger partial charge in [-0.2, -0.15) is 13.2 Å². The summed E-state index contributed by atoms with van der Waals surface area (Å²) in [6.45, 7) is 0.330. The van der Waals surface area contributed by atoms with Crippen molar-refractivity contribution in [3.63, 3.8) is 0 Å². The van der Waals surface area contributed by atoms with Crippen LogP contribution in [0.5, 0.6) is 5.75 Å². The average molecular weight is 391 g/mol. The van der Waals surface area contributed by atoms with E-state index < -0.39 is 11.7 Å². The number of nitrogens with zero attached hydrogens (tertiary/aromatic N) is 2. The molecule has 3 aromatic rings. The van der Waals surface area contributed by atoms with E-state index in [1.807, 2.05) is 11.4 Å². The Kier molecular flexibility index (Phi) is 4.73. The SMILES string of the molecule is FC(F)(F)c1cc(Nc2nc(-c3cccnc3)cs2)ccc1OCC1CC1. The molecule has 140 valence electrons. The van der Waals surface area contributed by atoms with Crippen molar-refractivity contribution < 1.29 is 17.9 Å². The highest BCUT2D eigenvalue weighted by atomic mass is 32.1. The molecule has 2 aromatic heterocycles. The van der Waals surface area contributed by atoms with Gasteiger partial charge in [-0.3, -0.25) is 4.98 Å². The Morgan fingerprint density at radius 1 is 1.22 bits per heavy atom. The summed E-state index contributed by atoms with van der Waals surface area (Å²) in [7, 11) is 0. The second kappa shape index (κ2) is 7.19. The normalized spacial score (nSPS) is 14.2. The molecule has 2 heterocycles. The molecule has 4 nitrogen and oxygen atoms in total. The van der Waals surface area contributed by atoms with Gasteiger partial charge in [0.2, 0.25) is 0 Å². The Morgan fingerprint density at radius 2 is 2.07 bits per heavy atom. The van der Waals surface area contributed by atoms with E-state index in [1.165, 1.54) is 17.4 Å². The van der Waals surface area contributed by atoms with E-state index in [4.69, 9.17) is 4.74 Å². The highest BCUT2D eigenvalue weighted by molar-refractivity contribution is 7.14. The number of hydrogen-bond donors (Lipinski definition) is 1. The number of hydrogen-bond acceptors (Lipinski definition) is 5. The Hall–Kier alpha value is -2.61. The van der Waals surface area contributed by atoms with Crippen LogP contribution in [0.15, 0.2) is 48.1 Å². The molecule has 8 heteroatoms. The highest BCUT2D eigenvalue weighted by Crippen LogP contribution is 2.40. The monoisotopic (exact) mass is 391 g/mol. The van der Waals surface area contributed by atoms with Crippen molar-refractivity contribution in [2.45, 2.75) is 19.0 Å². The van der Waals surface area contributed by atoms with Crippen LogP contribution >= 0.6 is 11.3 Å². The molecule has 1 N–H and O–H groups in total. The predicted molar refractivity (Wildman–Crippen MR) is 98.3 cm³/mol. The zero-order chi connectivity index (χ0) is 18.9.